The Morgan fingerprint density at radius 3 is 2.62 bits per heavy atom. The average Bonchev–Trinajstić information content (AvgIpc) is 3.25. The molecule has 1 aromatic carbocycles. The van der Waals surface area contributed by atoms with Crippen LogP contribution in [-0.4, -0.2) is 51.9 Å². The molecule has 0 saturated carbocycles. The smallest absolute Gasteiger partial charge is 0.317 e. The molecule has 3 heterocycles. The number of carbonyl (C=O) groups excluding carboxylic acids is 2. The van der Waals surface area contributed by atoms with E-state index in [1.165, 1.54) is 21.8 Å². The first-order valence-electron chi connectivity index (χ1n) is 8.96. The predicted molar refractivity (Wildman–Crippen MR) is 99.7 cm³/mol. The Bertz CT molecular complexity index is 772. The number of thiazole rings is 1. The maximum absolute atomic E-state index is 13.3. The standard InChI is InChI=1S/C19H22N4O2S/c24-17-19(7-9-20-10-8-19)23(11-6-15-4-2-1-3-5-15)18(25)22(17)12-16-13-26-14-21-16/h1-5,13-14,20H,6-12H2. The summed E-state index contributed by atoms with van der Waals surface area (Å²) in [5.41, 5.74) is 2.97. The van der Waals surface area contributed by atoms with Crippen LogP contribution in [0.25, 0.3) is 0 Å². The summed E-state index contributed by atoms with van der Waals surface area (Å²) in [5.74, 6) is -0.0648. The molecule has 2 fully saturated rings. The first-order chi connectivity index (χ1) is 12.7. The zero-order chi connectivity index (χ0) is 18.0. The minimum atomic E-state index is -0.701. The first kappa shape index (κ1) is 17.2. The van der Waals surface area contributed by atoms with Crippen molar-refractivity contribution in [2.45, 2.75) is 31.3 Å². The van der Waals surface area contributed by atoms with Gasteiger partial charge >= 0.3 is 6.03 Å². The SMILES string of the molecule is O=C1N(Cc2cscn2)C(=O)C2(CCNCC2)N1CCc1ccccc1. The van der Waals surface area contributed by atoms with E-state index in [4.69, 9.17) is 0 Å². The van der Waals surface area contributed by atoms with Crippen molar-refractivity contribution in [3.8, 4) is 0 Å². The van der Waals surface area contributed by atoms with Crippen molar-refractivity contribution in [2.24, 2.45) is 0 Å². The number of imide groups is 1. The summed E-state index contributed by atoms with van der Waals surface area (Å²) in [6.45, 7) is 2.33. The molecule has 3 amide bonds. The number of nitrogens with one attached hydrogen (secondary N) is 1. The first-order valence-corrected chi connectivity index (χ1v) is 9.90. The molecule has 6 nitrogen and oxygen atoms in total. The molecule has 2 aromatic rings. The van der Waals surface area contributed by atoms with Crippen molar-refractivity contribution >= 4 is 23.3 Å². The molecule has 0 bridgehead atoms. The van der Waals surface area contributed by atoms with Crippen LogP contribution in [-0.2, 0) is 17.8 Å². The molecule has 1 spiro atoms. The zero-order valence-corrected chi connectivity index (χ0v) is 15.4. The highest BCUT2D eigenvalue weighted by molar-refractivity contribution is 7.07. The van der Waals surface area contributed by atoms with Gasteiger partial charge in [-0.15, -0.1) is 11.3 Å². The van der Waals surface area contributed by atoms with Crippen LogP contribution in [0.15, 0.2) is 41.2 Å². The van der Waals surface area contributed by atoms with Gasteiger partial charge in [0, 0.05) is 11.9 Å². The van der Waals surface area contributed by atoms with Gasteiger partial charge < -0.3 is 10.2 Å². The van der Waals surface area contributed by atoms with E-state index in [9.17, 15) is 9.59 Å². The van der Waals surface area contributed by atoms with Gasteiger partial charge in [0.2, 0.25) is 0 Å². The van der Waals surface area contributed by atoms with Crippen LogP contribution in [0, 0.1) is 0 Å². The molecule has 1 aromatic heterocycles. The normalized spacial score (nSPS) is 19.5. The number of amides is 3. The topological polar surface area (TPSA) is 65.5 Å². The molecule has 2 aliphatic rings. The van der Waals surface area contributed by atoms with Gasteiger partial charge in [0.25, 0.3) is 5.91 Å². The minimum absolute atomic E-state index is 0.0648. The number of piperidine rings is 1. The lowest BCUT2D eigenvalue weighted by molar-refractivity contribution is -0.135. The third-order valence-corrected chi connectivity index (χ3v) is 5.96. The van der Waals surface area contributed by atoms with Gasteiger partial charge in [-0.1, -0.05) is 30.3 Å². The molecule has 136 valence electrons. The molecule has 0 radical (unpaired) electrons. The number of hydrogen-bond acceptors (Lipinski definition) is 5. The molecule has 0 unspecified atom stereocenters. The third kappa shape index (κ3) is 3.01. The number of aromatic nitrogens is 1. The predicted octanol–water partition coefficient (Wildman–Crippen LogP) is 2.27. The van der Waals surface area contributed by atoms with E-state index >= 15 is 0 Å². The van der Waals surface area contributed by atoms with Crippen molar-refractivity contribution in [2.75, 3.05) is 19.6 Å². The molecule has 0 aliphatic carbocycles. The lowest BCUT2D eigenvalue weighted by Crippen LogP contribution is -2.56. The van der Waals surface area contributed by atoms with Crippen molar-refractivity contribution in [3.05, 3.63) is 52.5 Å². The zero-order valence-electron chi connectivity index (χ0n) is 14.6. The molecule has 2 aliphatic heterocycles. The molecule has 1 N–H and O–H groups in total. The Balaban J connectivity index is 1.58. The molecule has 7 heteroatoms. The number of hydrogen-bond donors (Lipinski definition) is 1. The van der Waals surface area contributed by atoms with E-state index in [2.05, 4.69) is 22.4 Å². The van der Waals surface area contributed by atoms with E-state index < -0.39 is 5.54 Å². The third-order valence-electron chi connectivity index (χ3n) is 5.32. The molecular weight excluding hydrogens is 348 g/mol. The van der Waals surface area contributed by atoms with Crippen molar-refractivity contribution < 1.29 is 9.59 Å². The van der Waals surface area contributed by atoms with Gasteiger partial charge in [-0.05, 0) is 37.9 Å². The van der Waals surface area contributed by atoms with E-state index in [1.54, 1.807) is 5.51 Å². The van der Waals surface area contributed by atoms with Crippen LogP contribution in [0.4, 0.5) is 4.79 Å². The lowest BCUT2D eigenvalue weighted by Gasteiger charge is -2.38. The van der Waals surface area contributed by atoms with Crippen LogP contribution in [0.1, 0.15) is 24.1 Å². The maximum Gasteiger partial charge on any atom is 0.328 e. The Hall–Kier alpha value is -2.25. The minimum Gasteiger partial charge on any atom is -0.317 e. The van der Waals surface area contributed by atoms with Gasteiger partial charge in [-0.2, -0.15) is 0 Å². The summed E-state index contributed by atoms with van der Waals surface area (Å²) < 4.78 is 0. The Labute approximate surface area is 156 Å². The molecule has 0 atom stereocenters. The van der Waals surface area contributed by atoms with Gasteiger partial charge in [-0.3, -0.25) is 9.69 Å². The fraction of sp³-hybridized carbons (Fsp3) is 0.421. The Morgan fingerprint density at radius 2 is 1.92 bits per heavy atom. The van der Waals surface area contributed by atoms with E-state index in [1.807, 2.05) is 28.5 Å². The van der Waals surface area contributed by atoms with E-state index in [0.717, 1.165) is 25.2 Å². The monoisotopic (exact) mass is 370 g/mol. The van der Waals surface area contributed by atoms with Crippen LogP contribution in [0.2, 0.25) is 0 Å². The number of rotatable bonds is 5. The highest BCUT2D eigenvalue weighted by Crippen LogP contribution is 2.36. The summed E-state index contributed by atoms with van der Waals surface area (Å²) in [4.78, 5) is 33.8. The molecule has 2 saturated heterocycles. The van der Waals surface area contributed by atoms with Crippen LogP contribution in [0.5, 0.6) is 0 Å². The molecular formula is C19H22N4O2S. The largest absolute Gasteiger partial charge is 0.328 e. The highest BCUT2D eigenvalue weighted by atomic mass is 32.1. The van der Waals surface area contributed by atoms with Crippen molar-refractivity contribution in [1.29, 1.82) is 0 Å². The van der Waals surface area contributed by atoms with Crippen LogP contribution >= 0.6 is 11.3 Å². The summed E-state index contributed by atoms with van der Waals surface area (Å²) in [6.07, 6.45) is 2.08. The Kier molecular flexibility index (Phi) is 4.74. The second kappa shape index (κ2) is 7.17. The van der Waals surface area contributed by atoms with Crippen LogP contribution < -0.4 is 5.32 Å². The van der Waals surface area contributed by atoms with Gasteiger partial charge in [-0.25, -0.2) is 9.78 Å². The number of carbonyl (C=O) groups is 2. The number of nitrogens with zero attached hydrogens (tertiary/aromatic N) is 3. The molecule has 4 rings (SSSR count). The summed E-state index contributed by atoms with van der Waals surface area (Å²) in [5, 5.41) is 5.20. The van der Waals surface area contributed by atoms with E-state index in [-0.39, 0.29) is 18.5 Å². The number of urea groups is 1. The fourth-order valence-corrected chi connectivity index (χ4v) is 4.47. The number of benzene rings is 1. The summed E-state index contributed by atoms with van der Waals surface area (Å²) in [6, 6.07) is 9.93. The molecule has 26 heavy (non-hydrogen) atoms. The van der Waals surface area contributed by atoms with E-state index in [0.29, 0.717) is 19.4 Å². The summed E-state index contributed by atoms with van der Waals surface area (Å²) >= 11 is 1.48. The second-order valence-electron chi connectivity index (χ2n) is 6.82. The second-order valence-corrected chi connectivity index (χ2v) is 7.54. The highest BCUT2D eigenvalue weighted by Gasteiger charge is 2.56. The van der Waals surface area contributed by atoms with Crippen molar-refractivity contribution in [3.63, 3.8) is 0 Å². The van der Waals surface area contributed by atoms with Gasteiger partial charge in [0.1, 0.15) is 5.54 Å². The fourth-order valence-electron chi connectivity index (χ4n) is 3.92. The van der Waals surface area contributed by atoms with Gasteiger partial charge in [0.05, 0.1) is 17.7 Å². The average molecular weight is 370 g/mol. The van der Waals surface area contributed by atoms with Gasteiger partial charge in [0.15, 0.2) is 0 Å². The Morgan fingerprint density at radius 1 is 1.15 bits per heavy atom. The summed E-state index contributed by atoms with van der Waals surface area (Å²) in [7, 11) is 0. The van der Waals surface area contributed by atoms with Crippen molar-refractivity contribution in [1.82, 2.24) is 20.1 Å². The quantitative estimate of drug-likeness (QED) is 0.820. The van der Waals surface area contributed by atoms with Crippen LogP contribution in [0.3, 0.4) is 0 Å². The lowest BCUT2D eigenvalue weighted by atomic mass is 9.86. The maximum atomic E-state index is 13.3.